The summed E-state index contributed by atoms with van der Waals surface area (Å²) in [6.45, 7) is 1.53. The van der Waals surface area contributed by atoms with Gasteiger partial charge in [0.05, 0.1) is 7.11 Å². The Hall–Kier alpha value is -2.24. The molecular formula is C12H9F2NO3. The van der Waals surface area contributed by atoms with Gasteiger partial charge in [0.15, 0.2) is 17.3 Å². The molecule has 0 atom stereocenters. The second kappa shape index (κ2) is 4.56. The highest BCUT2D eigenvalue weighted by Gasteiger charge is 2.19. The van der Waals surface area contributed by atoms with Crippen LogP contribution >= 0.6 is 0 Å². The van der Waals surface area contributed by atoms with Gasteiger partial charge in [-0.2, -0.15) is 0 Å². The van der Waals surface area contributed by atoms with Gasteiger partial charge in [0.25, 0.3) is 0 Å². The van der Waals surface area contributed by atoms with Gasteiger partial charge in [0, 0.05) is 5.56 Å². The van der Waals surface area contributed by atoms with Crippen molar-refractivity contribution in [2.75, 3.05) is 7.11 Å². The van der Waals surface area contributed by atoms with Gasteiger partial charge in [-0.1, -0.05) is 0 Å². The zero-order chi connectivity index (χ0) is 13.3. The number of carbonyl (C=O) groups is 1. The molecule has 94 valence electrons. The number of halogens is 2. The first-order valence-corrected chi connectivity index (χ1v) is 5.04. The lowest BCUT2D eigenvalue weighted by Gasteiger charge is -1.96. The smallest absolute Gasteiger partial charge is 0.360 e. The van der Waals surface area contributed by atoms with Crippen LogP contribution in [-0.4, -0.2) is 18.1 Å². The van der Waals surface area contributed by atoms with Gasteiger partial charge in [-0.25, -0.2) is 18.6 Å². The molecular weight excluding hydrogens is 244 g/mol. The minimum absolute atomic E-state index is 0.0113. The van der Waals surface area contributed by atoms with E-state index in [1.54, 1.807) is 0 Å². The lowest BCUT2D eigenvalue weighted by atomic mass is 10.2. The maximum atomic E-state index is 13.1. The Bertz CT molecular complexity index is 607. The monoisotopic (exact) mass is 253 g/mol. The van der Waals surface area contributed by atoms with E-state index in [4.69, 9.17) is 4.42 Å². The van der Waals surface area contributed by atoms with Gasteiger partial charge in [-0.3, -0.25) is 0 Å². The number of benzene rings is 1. The Kier molecular flexibility index (Phi) is 3.10. The van der Waals surface area contributed by atoms with Crippen LogP contribution in [0.1, 0.15) is 16.2 Å². The molecule has 0 saturated heterocycles. The number of aromatic nitrogens is 1. The molecule has 0 radical (unpaired) electrons. The van der Waals surface area contributed by atoms with Crippen molar-refractivity contribution in [3.63, 3.8) is 0 Å². The second-order valence-corrected chi connectivity index (χ2v) is 3.54. The molecule has 1 aromatic heterocycles. The predicted octanol–water partition coefficient (Wildman–Crippen LogP) is 2.71. The lowest BCUT2D eigenvalue weighted by molar-refractivity contribution is 0.0593. The summed E-state index contributed by atoms with van der Waals surface area (Å²) in [5.41, 5.74) is 0.254. The molecule has 0 unspecified atom stereocenters. The van der Waals surface area contributed by atoms with Gasteiger partial charge in [-0.15, -0.1) is 0 Å². The molecule has 0 aliphatic carbocycles. The highest BCUT2D eigenvalue weighted by molar-refractivity contribution is 5.88. The quantitative estimate of drug-likeness (QED) is 0.772. The number of aryl methyl sites for hydroxylation is 1. The third kappa shape index (κ3) is 2.09. The number of oxazole rings is 1. The van der Waals surface area contributed by atoms with E-state index < -0.39 is 17.6 Å². The largest absolute Gasteiger partial charge is 0.464 e. The van der Waals surface area contributed by atoms with Crippen molar-refractivity contribution >= 4 is 5.97 Å². The van der Waals surface area contributed by atoms with Crippen LogP contribution in [0.4, 0.5) is 8.78 Å². The third-order valence-electron chi connectivity index (χ3n) is 2.34. The molecule has 1 aromatic carbocycles. The van der Waals surface area contributed by atoms with Crippen LogP contribution in [0.3, 0.4) is 0 Å². The second-order valence-electron chi connectivity index (χ2n) is 3.54. The van der Waals surface area contributed by atoms with Crippen molar-refractivity contribution in [3.05, 3.63) is 41.3 Å². The van der Waals surface area contributed by atoms with E-state index in [-0.39, 0.29) is 22.9 Å². The first kappa shape index (κ1) is 12.2. The standard InChI is InChI=1S/C12H9F2NO3/c1-6-10(12(16)17-2)15-11(18-6)7-3-4-8(13)9(14)5-7/h3-5H,1-2H3. The normalized spacial score (nSPS) is 10.4. The van der Waals surface area contributed by atoms with E-state index in [0.29, 0.717) is 0 Å². The fourth-order valence-electron chi connectivity index (χ4n) is 1.44. The molecule has 18 heavy (non-hydrogen) atoms. The van der Waals surface area contributed by atoms with Crippen molar-refractivity contribution in [1.29, 1.82) is 0 Å². The van der Waals surface area contributed by atoms with E-state index >= 15 is 0 Å². The summed E-state index contributed by atoms with van der Waals surface area (Å²) in [5, 5.41) is 0. The van der Waals surface area contributed by atoms with Crippen LogP contribution in [0.5, 0.6) is 0 Å². The Morgan fingerprint density at radius 2 is 2.06 bits per heavy atom. The fourth-order valence-corrected chi connectivity index (χ4v) is 1.44. The Morgan fingerprint density at radius 1 is 1.33 bits per heavy atom. The minimum Gasteiger partial charge on any atom is -0.464 e. The summed E-state index contributed by atoms with van der Waals surface area (Å²) in [6.07, 6.45) is 0. The summed E-state index contributed by atoms with van der Waals surface area (Å²) in [5.74, 6) is -2.34. The average molecular weight is 253 g/mol. The van der Waals surface area contributed by atoms with E-state index in [9.17, 15) is 13.6 Å². The maximum absolute atomic E-state index is 13.1. The number of rotatable bonds is 2. The number of hydrogen-bond donors (Lipinski definition) is 0. The SMILES string of the molecule is COC(=O)c1nc(-c2ccc(F)c(F)c2)oc1C. The van der Waals surface area contributed by atoms with E-state index in [2.05, 4.69) is 9.72 Å². The van der Waals surface area contributed by atoms with E-state index in [1.807, 2.05) is 0 Å². The topological polar surface area (TPSA) is 52.3 Å². The molecule has 0 amide bonds. The van der Waals surface area contributed by atoms with Crippen LogP contribution in [0.25, 0.3) is 11.5 Å². The van der Waals surface area contributed by atoms with Crippen molar-refractivity contribution in [2.45, 2.75) is 6.92 Å². The number of hydrogen-bond acceptors (Lipinski definition) is 4. The first-order valence-electron chi connectivity index (χ1n) is 5.04. The molecule has 0 spiro atoms. The molecule has 4 nitrogen and oxygen atoms in total. The summed E-state index contributed by atoms with van der Waals surface area (Å²) >= 11 is 0. The highest BCUT2D eigenvalue weighted by atomic mass is 19.2. The van der Waals surface area contributed by atoms with Gasteiger partial charge in [0.2, 0.25) is 5.89 Å². The average Bonchev–Trinajstić information content (AvgIpc) is 2.74. The molecule has 6 heteroatoms. The summed E-state index contributed by atoms with van der Waals surface area (Å²) in [6, 6.07) is 3.22. The van der Waals surface area contributed by atoms with Crippen LogP contribution in [0.2, 0.25) is 0 Å². The lowest BCUT2D eigenvalue weighted by Crippen LogP contribution is -2.03. The van der Waals surface area contributed by atoms with Crippen LogP contribution in [-0.2, 0) is 4.74 Å². The molecule has 0 N–H and O–H groups in total. The summed E-state index contributed by atoms with van der Waals surface area (Å²) < 4.78 is 35.6. The zero-order valence-corrected chi connectivity index (χ0v) is 9.66. The van der Waals surface area contributed by atoms with Gasteiger partial charge in [-0.05, 0) is 25.1 Å². The molecule has 0 fully saturated rings. The minimum atomic E-state index is -1.01. The number of methoxy groups -OCH3 is 1. The summed E-state index contributed by atoms with van der Waals surface area (Å²) in [7, 11) is 1.22. The number of nitrogens with zero attached hydrogens (tertiary/aromatic N) is 1. The molecule has 2 rings (SSSR count). The third-order valence-corrected chi connectivity index (χ3v) is 2.34. The number of carbonyl (C=O) groups excluding carboxylic acids is 1. The van der Waals surface area contributed by atoms with Gasteiger partial charge >= 0.3 is 5.97 Å². The number of esters is 1. The number of ether oxygens (including phenoxy) is 1. The molecule has 0 bridgehead atoms. The zero-order valence-electron chi connectivity index (χ0n) is 9.66. The summed E-state index contributed by atoms with van der Waals surface area (Å²) in [4.78, 5) is 15.2. The van der Waals surface area contributed by atoms with Gasteiger partial charge in [0.1, 0.15) is 5.76 Å². The Labute approximate surface area is 101 Å². The molecule has 0 aliphatic rings. The first-order chi connectivity index (χ1) is 8.52. The molecule has 0 saturated carbocycles. The van der Waals surface area contributed by atoms with E-state index in [0.717, 1.165) is 12.1 Å². The Morgan fingerprint density at radius 3 is 2.67 bits per heavy atom. The molecule has 2 aromatic rings. The van der Waals surface area contributed by atoms with Crippen LogP contribution in [0, 0.1) is 18.6 Å². The maximum Gasteiger partial charge on any atom is 0.360 e. The van der Waals surface area contributed by atoms with Crippen LogP contribution < -0.4 is 0 Å². The van der Waals surface area contributed by atoms with Crippen molar-refractivity contribution in [2.24, 2.45) is 0 Å². The fraction of sp³-hybridized carbons (Fsp3) is 0.167. The molecule has 1 heterocycles. The van der Waals surface area contributed by atoms with Gasteiger partial charge < -0.3 is 9.15 Å². The van der Waals surface area contributed by atoms with Crippen molar-refractivity contribution in [3.8, 4) is 11.5 Å². The van der Waals surface area contributed by atoms with Crippen molar-refractivity contribution in [1.82, 2.24) is 4.98 Å². The Balaban J connectivity index is 2.45. The molecule has 0 aliphatic heterocycles. The predicted molar refractivity (Wildman–Crippen MR) is 57.9 cm³/mol. The highest BCUT2D eigenvalue weighted by Crippen LogP contribution is 2.23. The van der Waals surface area contributed by atoms with E-state index in [1.165, 1.54) is 20.1 Å². The van der Waals surface area contributed by atoms with Crippen molar-refractivity contribution < 1.29 is 22.7 Å². The van der Waals surface area contributed by atoms with Crippen LogP contribution in [0.15, 0.2) is 22.6 Å².